The molecule has 0 radical (unpaired) electrons. The summed E-state index contributed by atoms with van der Waals surface area (Å²) in [5.74, 6) is -0.127. The Bertz CT molecular complexity index is 1530. The van der Waals surface area contributed by atoms with Gasteiger partial charge in [-0.3, -0.25) is 9.59 Å². The Morgan fingerprint density at radius 1 is 1.07 bits per heavy atom. The molecule has 2 aromatic heterocycles. The molecule has 0 bridgehead atoms. The van der Waals surface area contributed by atoms with Crippen LogP contribution in [0.25, 0.3) is 17.0 Å². The molecule has 45 heavy (non-hydrogen) atoms. The van der Waals surface area contributed by atoms with Gasteiger partial charge in [-0.15, -0.1) is 0 Å². The zero-order valence-corrected chi connectivity index (χ0v) is 26.0. The number of esters is 2. The van der Waals surface area contributed by atoms with Crippen molar-refractivity contribution in [3.63, 3.8) is 0 Å². The van der Waals surface area contributed by atoms with E-state index in [9.17, 15) is 22.8 Å². The number of anilines is 3. The Hall–Kier alpha value is -4.20. The summed E-state index contributed by atoms with van der Waals surface area (Å²) in [5, 5.41) is 3.43. The minimum Gasteiger partial charge on any atom is -0.466 e. The van der Waals surface area contributed by atoms with E-state index in [1.807, 2.05) is 0 Å². The van der Waals surface area contributed by atoms with Gasteiger partial charge in [0.15, 0.2) is 5.13 Å². The van der Waals surface area contributed by atoms with Crippen LogP contribution in [-0.4, -0.2) is 59.7 Å². The second kappa shape index (κ2) is 13.8. The van der Waals surface area contributed by atoms with E-state index in [0.717, 1.165) is 30.2 Å². The largest absolute Gasteiger partial charge is 0.466 e. The third kappa shape index (κ3) is 7.72. The minimum absolute atomic E-state index is 0.116. The first-order valence-corrected chi connectivity index (χ1v) is 15.6. The highest BCUT2D eigenvalue weighted by molar-refractivity contribution is 7.16. The Kier molecular flexibility index (Phi) is 9.90. The molecule has 5 rings (SSSR count). The number of nitrogens with zero attached hydrogens (tertiary/aromatic N) is 5. The topological polar surface area (TPSA) is 110 Å². The monoisotopic (exact) mass is 644 g/mol. The lowest BCUT2D eigenvalue weighted by Gasteiger charge is -2.31. The Morgan fingerprint density at radius 3 is 2.42 bits per heavy atom. The van der Waals surface area contributed by atoms with Gasteiger partial charge >= 0.3 is 18.1 Å². The molecule has 0 amide bonds. The second-order valence-corrected chi connectivity index (χ2v) is 12.0. The van der Waals surface area contributed by atoms with Crippen molar-refractivity contribution in [2.45, 2.75) is 52.3 Å². The van der Waals surface area contributed by atoms with Crippen molar-refractivity contribution in [3.05, 3.63) is 53.3 Å². The molecule has 0 aliphatic carbocycles. The molecule has 240 valence electrons. The molecule has 0 spiro atoms. The van der Waals surface area contributed by atoms with E-state index >= 15 is 0 Å². The number of carbonyl (C=O) groups excluding carboxylic acids is 2. The number of ether oxygens (including phenoxy) is 2. The normalized spacial score (nSPS) is 15.7. The SMILES string of the molecule is C=C(Nc1nc(-c2ccc(N3CCCC3)c(C(F)(F)F)c2)c(COC(C)=O)s1)c1cnc(N2CCC(C(=O)OCC)CC2)cn1. The van der Waals surface area contributed by atoms with Crippen LogP contribution >= 0.6 is 11.3 Å². The number of thiazole rings is 1. The van der Waals surface area contributed by atoms with E-state index in [1.54, 1.807) is 30.3 Å². The lowest BCUT2D eigenvalue weighted by Crippen LogP contribution is -2.37. The number of piperidine rings is 1. The van der Waals surface area contributed by atoms with E-state index in [4.69, 9.17) is 9.47 Å². The molecule has 0 atom stereocenters. The number of alkyl halides is 3. The summed E-state index contributed by atoms with van der Waals surface area (Å²) in [6.45, 7) is 9.78. The third-order valence-electron chi connectivity index (χ3n) is 7.77. The van der Waals surface area contributed by atoms with Crippen LogP contribution in [-0.2, 0) is 31.8 Å². The van der Waals surface area contributed by atoms with E-state index in [0.29, 0.717) is 72.8 Å². The van der Waals surface area contributed by atoms with Gasteiger partial charge in [0.1, 0.15) is 18.1 Å². The van der Waals surface area contributed by atoms with Gasteiger partial charge in [-0.25, -0.2) is 15.0 Å². The average Bonchev–Trinajstić information content (AvgIpc) is 3.70. The zero-order valence-electron chi connectivity index (χ0n) is 25.2. The number of hydrogen-bond acceptors (Lipinski definition) is 11. The van der Waals surface area contributed by atoms with E-state index in [-0.39, 0.29) is 35.4 Å². The van der Waals surface area contributed by atoms with E-state index in [1.165, 1.54) is 13.0 Å². The molecule has 2 aliphatic rings. The number of halogens is 3. The zero-order chi connectivity index (χ0) is 32.1. The number of rotatable bonds is 10. The number of carbonyl (C=O) groups is 2. The summed E-state index contributed by atoms with van der Waals surface area (Å²) in [5.41, 5.74) is 0.800. The standard InChI is InChI=1S/C31H35F3N6O4S/c1-4-43-29(42)21-9-13-40(14-10-21)27-17-35-24(16-36-27)19(2)37-30-38-28(26(45-30)18-44-20(3)41)22-7-8-25(39-11-5-6-12-39)23(15-22)31(32,33)34/h7-8,15-17,21H,2,4-6,9-14,18H2,1,3H3,(H,37,38). The first kappa shape index (κ1) is 32.2. The van der Waals surface area contributed by atoms with Gasteiger partial charge in [0.2, 0.25) is 0 Å². The van der Waals surface area contributed by atoms with Crippen molar-refractivity contribution in [3.8, 4) is 11.3 Å². The number of aromatic nitrogens is 3. The van der Waals surface area contributed by atoms with E-state index in [2.05, 4.69) is 31.7 Å². The van der Waals surface area contributed by atoms with Crippen molar-refractivity contribution in [1.29, 1.82) is 0 Å². The fourth-order valence-electron chi connectivity index (χ4n) is 5.48. The Labute approximate surface area is 263 Å². The van der Waals surface area contributed by atoms with Gasteiger partial charge in [-0.1, -0.05) is 24.0 Å². The first-order valence-electron chi connectivity index (χ1n) is 14.8. The third-order valence-corrected chi connectivity index (χ3v) is 8.71. The average molecular weight is 645 g/mol. The van der Waals surface area contributed by atoms with Gasteiger partial charge in [0, 0.05) is 44.4 Å². The Morgan fingerprint density at radius 2 is 1.80 bits per heavy atom. The van der Waals surface area contributed by atoms with Gasteiger partial charge in [0.25, 0.3) is 0 Å². The lowest BCUT2D eigenvalue weighted by atomic mass is 9.97. The lowest BCUT2D eigenvalue weighted by molar-refractivity contribution is -0.148. The smallest absolute Gasteiger partial charge is 0.418 e. The van der Waals surface area contributed by atoms with Crippen LogP contribution in [0.2, 0.25) is 0 Å². The van der Waals surface area contributed by atoms with Crippen LogP contribution in [0.3, 0.4) is 0 Å². The predicted octanol–water partition coefficient (Wildman–Crippen LogP) is 6.14. The molecule has 0 saturated carbocycles. The van der Waals surface area contributed by atoms with Gasteiger partial charge < -0.3 is 24.6 Å². The van der Waals surface area contributed by atoms with Crippen LogP contribution in [0.15, 0.2) is 37.2 Å². The molecule has 14 heteroatoms. The van der Waals surface area contributed by atoms with Crippen LogP contribution in [0.5, 0.6) is 0 Å². The van der Waals surface area contributed by atoms with Crippen molar-refractivity contribution >= 4 is 45.6 Å². The van der Waals surface area contributed by atoms with Crippen molar-refractivity contribution in [2.24, 2.45) is 5.92 Å². The summed E-state index contributed by atoms with van der Waals surface area (Å²) in [6, 6.07) is 4.22. The van der Waals surface area contributed by atoms with Gasteiger partial charge in [-0.05, 0) is 44.7 Å². The highest BCUT2D eigenvalue weighted by Gasteiger charge is 2.36. The molecule has 2 aliphatic heterocycles. The summed E-state index contributed by atoms with van der Waals surface area (Å²) in [6.07, 6.45) is 1.68. The van der Waals surface area contributed by atoms with Crippen LogP contribution < -0.4 is 15.1 Å². The summed E-state index contributed by atoms with van der Waals surface area (Å²) in [7, 11) is 0. The fourth-order valence-corrected chi connectivity index (χ4v) is 6.40. The molecular weight excluding hydrogens is 609 g/mol. The molecule has 10 nitrogen and oxygen atoms in total. The minimum atomic E-state index is -4.56. The number of nitrogens with one attached hydrogen (secondary N) is 1. The maximum Gasteiger partial charge on any atom is 0.418 e. The summed E-state index contributed by atoms with van der Waals surface area (Å²) in [4.78, 5) is 41.5. The van der Waals surface area contributed by atoms with Gasteiger partial charge in [-0.2, -0.15) is 13.2 Å². The molecule has 2 saturated heterocycles. The van der Waals surface area contributed by atoms with Crippen LogP contribution in [0.1, 0.15) is 55.7 Å². The van der Waals surface area contributed by atoms with Crippen molar-refractivity contribution in [2.75, 3.05) is 47.9 Å². The summed E-state index contributed by atoms with van der Waals surface area (Å²) >= 11 is 1.15. The fraction of sp³-hybridized carbons (Fsp3) is 0.452. The van der Waals surface area contributed by atoms with E-state index < -0.39 is 17.7 Å². The maximum atomic E-state index is 14.2. The van der Waals surface area contributed by atoms with Crippen LogP contribution in [0.4, 0.5) is 29.8 Å². The molecule has 3 aromatic rings. The van der Waals surface area contributed by atoms with Gasteiger partial charge in [0.05, 0.1) is 46.8 Å². The molecule has 0 unspecified atom stereocenters. The molecule has 4 heterocycles. The number of benzene rings is 1. The molecular formula is C31H35F3N6O4S. The quantitative estimate of drug-likeness (QED) is 0.258. The van der Waals surface area contributed by atoms with Crippen LogP contribution in [0, 0.1) is 5.92 Å². The molecule has 1 N–H and O–H groups in total. The highest BCUT2D eigenvalue weighted by atomic mass is 32.1. The Balaban J connectivity index is 1.33. The first-order chi connectivity index (χ1) is 21.5. The predicted molar refractivity (Wildman–Crippen MR) is 166 cm³/mol. The van der Waals surface area contributed by atoms with Crippen molar-refractivity contribution in [1.82, 2.24) is 15.0 Å². The number of hydrogen-bond donors (Lipinski definition) is 1. The molecule has 2 fully saturated rings. The second-order valence-electron chi connectivity index (χ2n) is 10.9. The highest BCUT2D eigenvalue weighted by Crippen LogP contribution is 2.42. The maximum absolute atomic E-state index is 14.2. The van der Waals surface area contributed by atoms with Crippen molar-refractivity contribution < 1.29 is 32.2 Å². The summed E-state index contributed by atoms with van der Waals surface area (Å²) < 4.78 is 52.8. The molecule has 1 aromatic carbocycles.